The van der Waals surface area contributed by atoms with Crippen LogP contribution in [0.15, 0.2) is 79.4 Å². The molecule has 3 rings (SSSR count). The summed E-state index contributed by atoms with van der Waals surface area (Å²) in [4.78, 5) is 0. The maximum Gasteiger partial charge on any atom is 0.165 e. The number of rotatable bonds is 8. The van der Waals surface area contributed by atoms with Crippen LogP contribution in [-0.2, 0) is 6.42 Å². The maximum absolute atomic E-state index is 14.1. The van der Waals surface area contributed by atoms with E-state index >= 15 is 0 Å². The van der Waals surface area contributed by atoms with Crippen molar-refractivity contribution >= 4 is 12.2 Å². The van der Waals surface area contributed by atoms with E-state index in [0.717, 1.165) is 29.5 Å². The van der Waals surface area contributed by atoms with Crippen molar-refractivity contribution in [1.82, 2.24) is 0 Å². The Labute approximate surface area is 166 Å². The molecular weight excluding hydrogens is 347 g/mol. The number of hydrogen-bond donors (Lipinski definition) is 0. The topological polar surface area (TPSA) is 9.23 Å². The molecule has 28 heavy (non-hydrogen) atoms. The molecule has 0 fully saturated rings. The largest absolute Gasteiger partial charge is 0.491 e. The third kappa shape index (κ3) is 5.20. The molecule has 0 aliphatic rings. The first-order valence-corrected chi connectivity index (χ1v) is 9.60. The fourth-order valence-electron chi connectivity index (χ4n) is 3.00. The zero-order chi connectivity index (χ0) is 19.8. The Morgan fingerprint density at radius 3 is 2.04 bits per heavy atom. The number of allylic oxidation sites excluding steroid dienone is 1. The third-order valence-corrected chi connectivity index (χ3v) is 4.56. The van der Waals surface area contributed by atoms with Gasteiger partial charge in [0.15, 0.2) is 11.6 Å². The number of halogens is 1. The summed E-state index contributed by atoms with van der Waals surface area (Å²) in [6.45, 7) is 6.06. The minimum Gasteiger partial charge on any atom is -0.491 e. The highest BCUT2D eigenvalue weighted by atomic mass is 19.1. The van der Waals surface area contributed by atoms with Crippen LogP contribution in [0.3, 0.4) is 0 Å². The molecular formula is C26H25FO. The Kier molecular flexibility index (Phi) is 6.80. The van der Waals surface area contributed by atoms with E-state index < -0.39 is 0 Å². The van der Waals surface area contributed by atoms with Crippen LogP contribution in [0.25, 0.3) is 23.3 Å². The van der Waals surface area contributed by atoms with Gasteiger partial charge >= 0.3 is 0 Å². The smallest absolute Gasteiger partial charge is 0.165 e. The Bertz CT molecular complexity index is 937. The summed E-state index contributed by atoms with van der Waals surface area (Å²) in [6, 6.07) is 21.8. The van der Waals surface area contributed by atoms with E-state index in [1.54, 1.807) is 6.07 Å². The van der Waals surface area contributed by atoms with Crippen LogP contribution in [0.4, 0.5) is 4.39 Å². The lowest BCUT2D eigenvalue weighted by Crippen LogP contribution is -1.94. The molecule has 0 bridgehead atoms. The molecule has 3 aromatic rings. The lowest BCUT2D eigenvalue weighted by molar-refractivity contribution is 0.321. The standard InChI is InChI=1S/C26H25FO/c1-3-5-6-20-7-9-21(10-8-20)11-12-22-13-15-23(16-14-22)24-17-18-26(28-4-2)25(27)19-24/h3,7-19H,1,4-6H2,2H3/b12-11+. The van der Waals surface area contributed by atoms with E-state index in [1.165, 1.54) is 17.2 Å². The molecule has 0 saturated carbocycles. The van der Waals surface area contributed by atoms with Gasteiger partial charge in [0.2, 0.25) is 0 Å². The molecule has 0 N–H and O–H groups in total. The summed E-state index contributed by atoms with van der Waals surface area (Å²) in [6.07, 6.45) is 8.16. The molecule has 0 unspecified atom stereocenters. The first-order valence-electron chi connectivity index (χ1n) is 9.60. The first kappa shape index (κ1) is 19.6. The van der Waals surface area contributed by atoms with Crippen LogP contribution in [0, 0.1) is 5.82 Å². The van der Waals surface area contributed by atoms with Crippen molar-refractivity contribution in [1.29, 1.82) is 0 Å². The molecule has 0 aromatic heterocycles. The van der Waals surface area contributed by atoms with Crippen molar-refractivity contribution in [3.8, 4) is 16.9 Å². The van der Waals surface area contributed by atoms with Crippen LogP contribution in [0.1, 0.15) is 30.0 Å². The van der Waals surface area contributed by atoms with Crippen LogP contribution in [0.5, 0.6) is 5.75 Å². The monoisotopic (exact) mass is 372 g/mol. The summed E-state index contributed by atoms with van der Waals surface area (Å²) in [5, 5.41) is 0. The molecule has 1 nitrogen and oxygen atoms in total. The van der Waals surface area contributed by atoms with E-state index in [-0.39, 0.29) is 5.82 Å². The Hall–Kier alpha value is -3.13. The number of hydrogen-bond acceptors (Lipinski definition) is 1. The molecule has 0 saturated heterocycles. The summed E-state index contributed by atoms with van der Waals surface area (Å²) in [7, 11) is 0. The predicted octanol–water partition coefficient (Wildman–Crippen LogP) is 7.18. The summed E-state index contributed by atoms with van der Waals surface area (Å²) < 4.78 is 19.3. The highest BCUT2D eigenvalue weighted by Crippen LogP contribution is 2.26. The lowest BCUT2D eigenvalue weighted by atomic mass is 10.0. The van der Waals surface area contributed by atoms with E-state index in [2.05, 4.69) is 43.0 Å². The van der Waals surface area contributed by atoms with Crippen LogP contribution in [0.2, 0.25) is 0 Å². The van der Waals surface area contributed by atoms with Gasteiger partial charge in [-0.15, -0.1) is 6.58 Å². The van der Waals surface area contributed by atoms with Gasteiger partial charge in [-0.2, -0.15) is 0 Å². The predicted molar refractivity (Wildman–Crippen MR) is 117 cm³/mol. The molecule has 0 aliphatic heterocycles. The van der Waals surface area contributed by atoms with Crippen molar-refractivity contribution in [2.75, 3.05) is 6.61 Å². The molecule has 0 heterocycles. The van der Waals surface area contributed by atoms with Gasteiger partial charge in [-0.1, -0.05) is 72.8 Å². The van der Waals surface area contributed by atoms with Crippen molar-refractivity contribution in [3.63, 3.8) is 0 Å². The molecule has 0 amide bonds. The molecule has 142 valence electrons. The summed E-state index contributed by atoms with van der Waals surface area (Å²) >= 11 is 0. The van der Waals surface area contributed by atoms with Gasteiger partial charge in [0, 0.05) is 0 Å². The maximum atomic E-state index is 14.1. The second-order valence-corrected chi connectivity index (χ2v) is 6.60. The van der Waals surface area contributed by atoms with Crippen molar-refractivity contribution in [2.45, 2.75) is 19.8 Å². The quantitative estimate of drug-likeness (QED) is 0.300. The van der Waals surface area contributed by atoms with Crippen LogP contribution >= 0.6 is 0 Å². The summed E-state index contributed by atoms with van der Waals surface area (Å²) in [5.74, 6) is -0.0406. The van der Waals surface area contributed by atoms with E-state index in [4.69, 9.17) is 4.74 Å². The fourth-order valence-corrected chi connectivity index (χ4v) is 3.00. The molecule has 2 heteroatoms. The first-order chi connectivity index (χ1) is 13.7. The summed E-state index contributed by atoms with van der Waals surface area (Å²) in [5.41, 5.74) is 5.41. The molecule has 0 aliphatic carbocycles. The molecule has 0 radical (unpaired) electrons. The number of aryl methyl sites for hydroxylation is 1. The molecule has 0 atom stereocenters. The minimum atomic E-state index is -0.333. The van der Waals surface area contributed by atoms with Crippen LogP contribution < -0.4 is 4.74 Å². The fraction of sp³-hybridized carbons (Fsp3) is 0.154. The van der Waals surface area contributed by atoms with Gasteiger partial charge in [-0.25, -0.2) is 4.39 Å². The van der Waals surface area contributed by atoms with Gasteiger partial charge < -0.3 is 4.74 Å². The second kappa shape index (κ2) is 9.70. The van der Waals surface area contributed by atoms with Gasteiger partial charge in [-0.05, 0) is 59.7 Å². The van der Waals surface area contributed by atoms with Gasteiger partial charge in [-0.3, -0.25) is 0 Å². The van der Waals surface area contributed by atoms with E-state index in [9.17, 15) is 4.39 Å². The third-order valence-electron chi connectivity index (χ3n) is 4.56. The molecule has 3 aromatic carbocycles. The average Bonchev–Trinajstić information content (AvgIpc) is 2.73. The number of benzene rings is 3. The minimum absolute atomic E-state index is 0.293. The Morgan fingerprint density at radius 1 is 0.857 bits per heavy atom. The van der Waals surface area contributed by atoms with Gasteiger partial charge in [0.25, 0.3) is 0 Å². The van der Waals surface area contributed by atoms with Crippen molar-refractivity contribution in [3.05, 3.63) is 102 Å². The van der Waals surface area contributed by atoms with Crippen molar-refractivity contribution in [2.24, 2.45) is 0 Å². The normalized spacial score (nSPS) is 10.9. The highest BCUT2D eigenvalue weighted by molar-refractivity contribution is 5.72. The zero-order valence-electron chi connectivity index (χ0n) is 16.2. The van der Waals surface area contributed by atoms with Gasteiger partial charge in [0.1, 0.15) is 0 Å². The zero-order valence-corrected chi connectivity index (χ0v) is 16.2. The highest BCUT2D eigenvalue weighted by Gasteiger charge is 2.05. The second-order valence-electron chi connectivity index (χ2n) is 6.60. The average molecular weight is 372 g/mol. The lowest BCUT2D eigenvalue weighted by Gasteiger charge is -2.07. The number of ether oxygens (including phenoxy) is 1. The SMILES string of the molecule is C=CCCc1ccc(/C=C/c2ccc(-c3ccc(OCC)c(F)c3)cc2)cc1. The van der Waals surface area contributed by atoms with E-state index in [1.807, 2.05) is 43.3 Å². The Balaban J connectivity index is 1.68. The van der Waals surface area contributed by atoms with E-state index in [0.29, 0.717) is 12.4 Å². The van der Waals surface area contributed by atoms with Gasteiger partial charge in [0.05, 0.1) is 6.61 Å². The van der Waals surface area contributed by atoms with Crippen LogP contribution in [-0.4, -0.2) is 6.61 Å². The Morgan fingerprint density at radius 2 is 1.46 bits per heavy atom. The van der Waals surface area contributed by atoms with Crippen molar-refractivity contribution < 1.29 is 9.13 Å². The molecule has 0 spiro atoms.